The van der Waals surface area contributed by atoms with Gasteiger partial charge in [0.25, 0.3) is 0 Å². The van der Waals surface area contributed by atoms with Crippen molar-refractivity contribution in [3.8, 4) is 0 Å². The Kier molecular flexibility index (Phi) is 3.90. The highest BCUT2D eigenvalue weighted by molar-refractivity contribution is 6.17. The Morgan fingerprint density at radius 2 is 1.73 bits per heavy atom. The molecule has 6 heteroatoms. The molecule has 132 valence electrons. The van der Waals surface area contributed by atoms with Crippen molar-refractivity contribution in [1.82, 2.24) is 4.98 Å². The van der Waals surface area contributed by atoms with E-state index in [4.69, 9.17) is 0 Å². The molecule has 0 N–H and O–H groups in total. The summed E-state index contributed by atoms with van der Waals surface area (Å²) in [5, 5.41) is 0.868. The molecule has 1 aliphatic heterocycles. The molecule has 1 aliphatic rings. The molecule has 3 aromatic rings. The molecule has 0 spiro atoms. The molecule has 4 rings (SSSR count). The van der Waals surface area contributed by atoms with Gasteiger partial charge in [-0.1, -0.05) is 35.9 Å². The fourth-order valence-corrected chi connectivity index (χ4v) is 3.15. The molecule has 0 fully saturated rings. The maximum atomic E-state index is 13.4. The van der Waals surface area contributed by atoms with Crippen molar-refractivity contribution in [2.24, 2.45) is 4.99 Å². The summed E-state index contributed by atoms with van der Waals surface area (Å²) in [6, 6.07) is 14.8. The number of amidine groups is 1. The number of aryl methyl sites for hydroxylation is 1. The standard InChI is InChI=1S/C20H16F3N3/c1-13-7-9-15(10-8-13)26-12-17(20(21,22)23)25-19(26)16-6-2-4-14-5-3-11-24-18(14)16/h2-11,17H,12H2,1H3. The lowest BCUT2D eigenvalue weighted by atomic mass is 10.1. The first-order chi connectivity index (χ1) is 12.4. The molecule has 2 aromatic carbocycles. The molecule has 26 heavy (non-hydrogen) atoms. The van der Waals surface area contributed by atoms with Crippen LogP contribution in [0.2, 0.25) is 0 Å². The van der Waals surface area contributed by atoms with Crippen LogP contribution in [0.4, 0.5) is 18.9 Å². The van der Waals surface area contributed by atoms with Gasteiger partial charge in [0, 0.05) is 22.8 Å². The van der Waals surface area contributed by atoms with Gasteiger partial charge in [-0.3, -0.25) is 9.98 Å². The van der Waals surface area contributed by atoms with Crippen LogP contribution in [0.1, 0.15) is 11.1 Å². The molecule has 0 saturated heterocycles. The Morgan fingerprint density at radius 1 is 1.00 bits per heavy atom. The van der Waals surface area contributed by atoms with E-state index in [0.29, 0.717) is 22.6 Å². The van der Waals surface area contributed by atoms with Gasteiger partial charge in [0.15, 0.2) is 6.04 Å². The molecular formula is C20H16F3N3. The number of para-hydroxylation sites is 1. The van der Waals surface area contributed by atoms with Crippen molar-refractivity contribution >= 4 is 22.4 Å². The Morgan fingerprint density at radius 3 is 2.46 bits per heavy atom. The van der Waals surface area contributed by atoms with Gasteiger partial charge in [0.1, 0.15) is 5.84 Å². The maximum Gasteiger partial charge on any atom is 0.412 e. The molecule has 0 radical (unpaired) electrons. The second-order valence-electron chi connectivity index (χ2n) is 6.34. The number of pyridine rings is 1. The highest BCUT2D eigenvalue weighted by Gasteiger charge is 2.45. The van der Waals surface area contributed by atoms with Crippen LogP contribution in [-0.2, 0) is 0 Å². The first-order valence-electron chi connectivity index (χ1n) is 8.26. The monoisotopic (exact) mass is 355 g/mol. The van der Waals surface area contributed by atoms with Crippen molar-refractivity contribution in [2.45, 2.75) is 19.1 Å². The molecule has 2 heterocycles. The topological polar surface area (TPSA) is 28.5 Å². The van der Waals surface area contributed by atoms with Crippen LogP contribution in [0.3, 0.4) is 0 Å². The van der Waals surface area contributed by atoms with Gasteiger partial charge in [-0.15, -0.1) is 0 Å². The number of aromatic nitrogens is 1. The quantitative estimate of drug-likeness (QED) is 0.664. The summed E-state index contributed by atoms with van der Waals surface area (Å²) in [6.07, 6.45) is -2.75. The lowest BCUT2D eigenvalue weighted by Crippen LogP contribution is -2.35. The second-order valence-corrected chi connectivity index (χ2v) is 6.34. The number of rotatable bonds is 2. The molecule has 1 aromatic heterocycles. The predicted octanol–water partition coefficient (Wildman–Crippen LogP) is 4.74. The van der Waals surface area contributed by atoms with Crippen molar-refractivity contribution in [3.05, 3.63) is 71.9 Å². The molecular weight excluding hydrogens is 339 g/mol. The third kappa shape index (κ3) is 2.92. The van der Waals surface area contributed by atoms with Crippen molar-refractivity contribution in [2.75, 3.05) is 11.4 Å². The Balaban J connectivity index is 1.87. The van der Waals surface area contributed by atoms with Gasteiger partial charge in [0.2, 0.25) is 0 Å². The van der Waals surface area contributed by atoms with Crippen LogP contribution in [0, 0.1) is 6.92 Å². The SMILES string of the molecule is Cc1ccc(N2CC(C(F)(F)F)N=C2c2cccc3cccnc23)cc1. The first kappa shape index (κ1) is 16.6. The molecule has 0 amide bonds. The van der Waals surface area contributed by atoms with Crippen molar-refractivity contribution in [1.29, 1.82) is 0 Å². The molecule has 3 nitrogen and oxygen atoms in total. The van der Waals surface area contributed by atoms with Crippen LogP contribution in [0.15, 0.2) is 65.8 Å². The van der Waals surface area contributed by atoms with E-state index in [1.165, 1.54) is 0 Å². The van der Waals surface area contributed by atoms with Gasteiger partial charge in [-0.2, -0.15) is 13.2 Å². The smallest absolute Gasteiger partial charge is 0.324 e. The second kappa shape index (κ2) is 6.12. The largest absolute Gasteiger partial charge is 0.412 e. The first-order valence-corrected chi connectivity index (χ1v) is 8.26. The fraction of sp³-hybridized carbons (Fsp3) is 0.200. The van der Waals surface area contributed by atoms with E-state index in [9.17, 15) is 13.2 Å². The number of hydrogen-bond donors (Lipinski definition) is 0. The van der Waals surface area contributed by atoms with Crippen molar-refractivity contribution < 1.29 is 13.2 Å². The number of nitrogens with zero attached hydrogens (tertiary/aromatic N) is 3. The Hall–Kier alpha value is -2.89. The Bertz CT molecular complexity index is 972. The Labute approximate surface area is 148 Å². The normalized spacial score (nSPS) is 17.6. The molecule has 1 atom stereocenters. The summed E-state index contributed by atoms with van der Waals surface area (Å²) in [6.45, 7) is 1.71. The van der Waals surface area contributed by atoms with Gasteiger partial charge >= 0.3 is 6.18 Å². The minimum atomic E-state index is -4.39. The summed E-state index contributed by atoms with van der Waals surface area (Å²) >= 11 is 0. The lowest BCUT2D eigenvalue weighted by molar-refractivity contribution is -0.142. The number of hydrogen-bond acceptors (Lipinski definition) is 3. The molecule has 0 bridgehead atoms. The number of alkyl halides is 3. The van der Waals surface area contributed by atoms with Crippen LogP contribution in [-0.4, -0.2) is 29.6 Å². The zero-order valence-electron chi connectivity index (χ0n) is 14.0. The van der Waals surface area contributed by atoms with E-state index >= 15 is 0 Å². The number of aliphatic imine (C=N–C) groups is 1. The number of halogens is 3. The zero-order valence-corrected chi connectivity index (χ0v) is 14.0. The van der Waals surface area contributed by atoms with Crippen LogP contribution in [0.25, 0.3) is 10.9 Å². The third-order valence-corrected chi connectivity index (χ3v) is 4.49. The van der Waals surface area contributed by atoms with E-state index in [0.717, 1.165) is 10.9 Å². The van der Waals surface area contributed by atoms with Gasteiger partial charge in [0.05, 0.1) is 12.1 Å². The summed E-state index contributed by atoms with van der Waals surface area (Å²) < 4.78 is 40.1. The van der Waals surface area contributed by atoms with E-state index < -0.39 is 12.2 Å². The maximum absolute atomic E-state index is 13.4. The third-order valence-electron chi connectivity index (χ3n) is 4.49. The summed E-state index contributed by atoms with van der Waals surface area (Å²) in [7, 11) is 0. The summed E-state index contributed by atoms with van der Waals surface area (Å²) in [5.41, 5.74) is 2.99. The van der Waals surface area contributed by atoms with Gasteiger partial charge < -0.3 is 4.90 Å². The number of anilines is 1. The number of fused-ring (bicyclic) bond motifs is 1. The van der Waals surface area contributed by atoms with Gasteiger partial charge in [-0.25, -0.2) is 0 Å². The van der Waals surface area contributed by atoms with E-state index in [2.05, 4.69) is 9.98 Å². The number of benzene rings is 2. The molecule has 1 unspecified atom stereocenters. The highest BCUT2D eigenvalue weighted by atomic mass is 19.4. The summed E-state index contributed by atoms with van der Waals surface area (Å²) in [5.74, 6) is 0.306. The van der Waals surface area contributed by atoms with Crippen molar-refractivity contribution in [3.63, 3.8) is 0 Å². The average molecular weight is 355 g/mol. The van der Waals surface area contributed by atoms with Crippen LogP contribution in [0.5, 0.6) is 0 Å². The van der Waals surface area contributed by atoms with E-state index in [1.54, 1.807) is 23.2 Å². The molecule has 0 saturated carbocycles. The van der Waals surface area contributed by atoms with Gasteiger partial charge in [-0.05, 0) is 31.2 Å². The molecule has 0 aliphatic carbocycles. The van der Waals surface area contributed by atoms with E-state index in [1.807, 2.05) is 49.4 Å². The predicted molar refractivity (Wildman–Crippen MR) is 96.6 cm³/mol. The fourth-order valence-electron chi connectivity index (χ4n) is 3.15. The minimum absolute atomic E-state index is 0.231. The highest BCUT2D eigenvalue weighted by Crippen LogP contribution is 2.33. The van der Waals surface area contributed by atoms with E-state index in [-0.39, 0.29) is 6.54 Å². The average Bonchev–Trinajstić information content (AvgIpc) is 3.07. The summed E-state index contributed by atoms with van der Waals surface area (Å²) in [4.78, 5) is 10.0. The lowest BCUT2D eigenvalue weighted by Gasteiger charge is -2.22. The minimum Gasteiger partial charge on any atom is -0.324 e. The zero-order chi connectivity index (χ0) is 18.3. The van der Waals surface area contributed by atoms with Crippen LogP contribution >= 0.6 is 0 Å². The van der Waals surface area contributed by atoms with Crippen LogP contribution < -0.4 is 4.90 Å².